The second-order valence-electron chi connectivity index (χ2n) is 6.06. The molecular weight excluding hydrogens is 340 g/mol. The van der Waals surface area contributed by atoms with Gasteiger partial charge in [-0.05, 0) is 42.8 Å². The van der Waals surface area contributed by atoms with Crippen molar-refractivity contribution >= 4 is 23.2 Å². The lowest BCUT2D eigenvalue weighted by atomic mass is 10.2. The van der Waals surface area contributed by atoms with Crippen molar-refractivity contribution in [3.63, 3.8) is 0 Å². The molecule has 3 rings (SSSR count). The summed E-state index contributed by atoms with van der Waals surface area (Å²) in [6, 6.07) is 12.6. The molecule has 132 valence electrons. The number of phenolic OH excluding ortho intramolecular Hbond substituents is 1. The third kappa shape index (κ3) is 4.17. The van der Waals surface area contributed by atoms with Crippen LogP contribution in [0.5, 0.6) is 11.5 Å². The van der Waals surface area contributed by atoms with E-state index in [0.717, 1.165) is 11.3 Å². The van der Waals surface area contributed by atoms with Gasteiger partial charge in [0.25, 0.3) is 5.91 Å². The third-order valence-electron chi connectivity index (χ3n) is 4.35. The molecule has 1 saturated heterocycles. The number of hydrogen-bond acceptors (Lipinski definition) is 4. The summed E-state index contributed by atoms with van der Waals surface area (Å²) in [5.41, 5.74) is 1.73. The Hall–Kier alpha value is -2.40. The summed E-state index contributed by atoms with van der Waals surface area (Å²) in [4.78, 5) is 16.2. The average molecular weight is 361 g/mol. The van der Waals surface area contributed by atoms with Crippen LogP contribution in [0.3, 0.4) is 0 Å². The van der Waals surface area contributed by atoms with E-state index in [4.69, 9.17) is 16.3 Å². The number of hydrogen-bond donors (Lipinski definition) is 1. The van der Waals surface area contributed by atoms with E-state index < -0.39 is 0 Å². The average Bonchev–Trinajstić information content (AvgIpc) is 2.63. The molecule has 1 aliphatic rings. The molecule has 1 aliphatic heterocycles. The standard InChI is InChI=1S/C19H21ClN2O3/c1-14-12-15(6-7-16(14)20)25-13-19(24)22-10-8-21(9-11-22)17-4-2-3-5-18(17)23/h2-7,12,23H,8-11,13H2,1H3. The molecule has 0 spiro atoms. The maximum absolute atomic E-state index is 12.3. The van der Waals surface area contributed by atoms with E-state index in [0.29, 0.717) is 37.0 Å². The number of amides is 1. The summed E-state index contributed by atoms with van der Waals surface area (Å²) >= 11 is 5.99. The maximum atomic E-state index is 12.3. The topological polar surface area (TPSA) is 53.0 Å². The van der Waals surface area contributed by atoms with Crippen molar-refractivity contribution in [1.29, 1.82) is 0 Å². The lowest BCUT2D eigenvalue weighted by Gasteiger charge is -2.36. The summed E-state index contributed by atoms with van der Waals surface area (Å²) in [6.45, 7) is 4.49. The third-order valence-corrected chi connectivity index (χ3v) is 4.77. The van der Waals surface area contributed by atoms with E-state index in [9.17, 15) is 9.90 Å². The first-order valence-corrected chi connectivity index (χ1v) is 8.62. The minimum Gasteiger partial charge on any atom is -0.506 e. The van der Waals surface area contributed by atoms with Crippen LogP contribution in [0.2, 0.25) is 5.02 Å². The number of anilines is 1. The summed E-state index contributed by atoms with van der Waals surface area (Å²) < 4.78 is 5.58. The predicted octanol–water partition coefficient (Wildman–Crippen LogP) is 3.08. The van der Waals surface area contributed by atoms with Gasteiger partial charge in [0.15, 0.2) is 6.61 Å². The minimum atomic E-state index is -0.0375. The number of aryl methyl sites for hydroxylation is 1. The zero-order chi connectivity index (χ0) is 17.8. The minimum absolute atomic E-state index is 0.0116. The molecular formula is C19H21ClN2O3. The lowest BCUT2D eigenvalue weighted by molar-refractivity contribution is -0.133. The molecule has 1 heterocycles. The molecule has 1 N–H and O–H groups in total. The number of carbonyl (C=O) groups excluding carboxylic acids is 1. The van der Waals surface area contributed by atoms with E-state index >= 15 is 0 Å². The van der Waals surface area contributed by atoms with Gasteiger partial charge < -0.3 is 19.6 Å². The van der Waals surface area contributed by atoms with Crippen molar-refractivity contribution in [2.45, 2.75) is 6.92 Å². The fourth-order valence-corrected chi connectivity index (χ4v) is 2.99. The van der Waals surface area contributed by atoms with Gasteiger partial charge in [-0.1, -0.05) is 23.7 Å². The van der Waals surface area contributed by atoms with E-state index in [1.54, 1.807) is 29.2 Å². The van der Waals surface area contributed by atoms with Crippen LogP contribution in [0.4, 0.5) is 5.69 Å². The highest BCUT2D eigenvalue weighted by Crippen LogP contribution is 2.27. The highest BCUT2D eigenvalue weighted by atomic mass is 35.5. The molecule has 25 heavy (non-hydrogen) atoms. The number of benzene rings is 2. The van der Waals surface area contributed by atoms with Gasteiger partial charge in [-0.15, -0.1) is 0 Å². The molecule has 0 radical (unpaired) electrons. The first-order chi connectivity index (χ1) is 12.0. The Kier molecular flexibility index (Phi) is 5.34. The smallest absolute Gasteiger partial charge is 0.260 e. The van der Waals surface area contributed by atoms with Crippen molar-refractivity contribution in [2.75, 3.05) is 37.7 Å². The number of nitrogens with zero attached hydrogens (tertiary/aromatic N) is 2. The number of carbonyl (C=O) groups is 1. The highest BCUT2D eigenvalue weighted by Gasteiger charge is 2.22. The van der Waals surface area contributed by atoms with Crippen LogP contribution in [-0.2, 0) is 4.79 Å². The molecule has 0 unspecified atom stereocenters. The number of para-hydroxylation sites is 2. The van der Waals surface area contributed by atoms with Crippen molar-refractivity contribution in [3.8, 4) is 11.5 Å². The van der Waals surface area contributed by atoms with Crippen LogP contribution in [0.1, 0.15) is 5.56 Å². The molecule has 2 aromatic carbocycles. The molecule has 0 aliphatic carbocycles. The Balaban J connectivity index is 1.51. The van der Waals surface area contributed by atoms with Gasteiger partial charge in [-0.25, -0.2) is 0 Å². The Morgan fingerprint density at radius 1 is 1.16 bits per heavy atom. The summed E-state index contributed by atoms with van der Waals surface area (Å²) in [7, 11) is 0. The molecule has 5 nitrogen and oxygen atoms in total. The molecule has 1 fully saturated rings. The predicted molar refractivity (Wildman–Crippen MR) is 98.6 cm³/mol. The lowest BCUT2D eigenvalue weighted by Crippen LogP contribution is -2.50. The normalized spacial score (nSPS) is 14.5. The Labute approximate surface area is 152 Å². The zero-order valence-corrected chi connectivity index (χ0v) is 14.9. The number of rotatable bonds is 4. The first kappa shape index (κ1) is 17.4. The molecule has 6 heteroatoms. The number of ether oxygens (including phenoxy) is 1. The van der Waals surface area contributed by atoms with Gasteiger partial charge in [0.2, 0.25) is 0 Å². The molecule has 2 aromatic rings. The monoisotopic (exact) mass is 360 g/mol. The van der Waals surface area contributed by atoms with E-state index in [1.165, 1.54) is 0 Å². The van der Waals surface area contributed by atoms with Crippen molar-refractivity contribution < 1.29 is 14.6 Å². The Bertz CT molecular complexity index is 758. The van der Waals surface area contributed by atoms with Crippen LogP contribution in [0.25, 0.3) is 0 Å². The first-order valence-electron chi connectivity index (χ1n) is 8.24. The van der Waals surface area contributed by atoms with Gasteiger partial charge in [-0.3, -0.25) is 4.79 Å². The highest BCUT2D eigenvalue weighted by molar-refractivity contribution is 6.31. The Morgan fingerprint density at radius 2 is 1.88 bits per heavy atom. The number of aromatic hydroxyl groups is 1. The van der Waals surface area contributed by atoms with Gasteiger partial charge in [-0.2, -0.15) is 0 Å². The van der Waals surface area contributed by atoms with Gasteiger partial charge in [0.05, 0.1) is 5.69 Å². The largest absolute Gasteiger partial charge is 0.506 e. The van der Waals surface area contributed by atoms with E-state index in [2.05, 4.69) is 4.90 Å². The van der Waals surface area contributed by atoms with Crippen molar-refractivity contribution in [3.05, 3.63) is 53.1 Å². The molecule has 0 saturated carbocycles. The summed E-state index contributed by atoms with van der Waals surface area (Å²) in [5.74, 6) is 0.872. The SMILES string of the molecule is Cc1cc(OCC(=O)N2CCN(c3ccccc3O)CC2)ccc1Cl. The van der Waals surface area contributed by atoms with Crippen LogP contribution >= 0.6 is 11.6 Å². The van der Waals surface area contributed by atoms with E-state index in [1.807, 2.05) is 25.1 Å². The maximum Gasteiger partial charge on any atom is 0.260 e. The van der Waals surface area contributed by atoms with Gasteiger partial charge >= 0.3 is 0 Å². The van der Waals surface area contributed by atoms with Crippen LogP contribution < -0.4 is 9.64 Å². The van der Waals surface area contributed by atoms with Gasteiger partial charge in [0.1, 0.15) is 11.5 Å². The number of halogens is 1. The van der Waals surface area contributed by atoms with Crippen LogP contribution in [0.15, 0.2) is 42.5 Å². The van der Waals surface area contributed by atoms with Crippen LogP contribution in [-0.4, -0.2) is 48.7 Å². The molecule has 0 atom stereocenters. The Morgan fingerprint density at radius 3 is 2.56 bits per heavy atom. The summed E-state index contributed by atoms with van der Waals surface area (Å²) in [5, 5.41) is 10.6. The fraction of sp³-hybridized carbons (Fsp3) is 0.316. The summed E-state index contributed by atoms with van der Waals surface area (Å²) in [6.07, 6.45) is 0. The molecule has 0 bridgehead atoms. The second-order valence-corrected chi connectivity index (χ2v) is 6.46. The van der Waals surface area contributed by atoms with Crippen molar-refractivity contribution in [1.82, 2.24) is 4.90 Å². The number of phenols is 1. The molecule has 1 amide bonds. The second kappa shape index (κ2) is 7.66. The van der Waals surface area contributed by atoms with Crippen LogP contribution in [0, 0.1) is 6.92 Å². The quantitative estimate of drug-likeness (QED) is 0.910. The van der Waals surface area contributed by atoms with Gasteiger partial charge in [0, 0.05) is 31.2 Å². The van der Waals surface area contributed by atoms with E-state index in [-0.39, 0.29) is 18.3 Å². The zero-order valence-electron chi connectivity index (χ0n) is 14.1. The van der Waals surface area contributed by atoms with Crippen molar-refractivity contribution in [2.24, 2.45) is 0 Å². The number of piperazine rings is 1. The fourth-order valence-electron chi connectivity index (χ4n) is 2.87. The molecule has 0 aromatic heterocycles.